The maximum absolute atomic E-state index is 12.5. The molecule has 2 amide bonds. The third kappa shape index (κ3) is 2.60. The van der Waals surface area contributed by atoms with E-state index in [4.69, 9.17) is 0 Å². The Morgan fingerprint density at radius 1 is 1.28 bits per heavy atom. The predicted octanol–water partition coefficient (Wildman–Crippen LogP) is 1.52. The van der Waals surface area contributed by atoms with Crippen LogP contribution < -0.4 is 5.32 Å². The maximum atomic E-state index is 12.5. The second-order valence-electron chi connectivity index (χ2n) is 5.33. The van der Waals surface area contributed by atoms with E-state index in [1.54, 1.807) is 0 Å². The van der Waals surface area contributed by atoms with Gasteiger partial charge in [-0.15, -0.1) is 0 Å². The number of methoxy groups -OCH3 is 1. The third-order valence-electron chi connectivity index (χ3n) is 4.18. The van der Waals surface area contributed by atoms with Crippen LogP contribution in [0, 0.1) is 5.92 Å². The lowest BCUT2D eigenvalue weighted by atomic mass is 9.79. The summed E-state index contributed by atoms with van der Waals surface area (Å²) in [5, 5.41) is 2.71. The minimum atomic E-state index is -0.507. The highest BCUT2D eigenvalue weighted by molar-refractivity contribution is 5.86. The van der Waals surface area contributed by atoms with Crippen LogP contribution in [0.4, 0.5) is 4.79 Å². The van der Waals surface area contributed by atoms with E-state index in [2.05, 4.69) is 17.0 Å². The van der Waals surface area contributed by atoms with Gasteiger partial charge in [-0.05, 0) is 38.5 Å². The van der Waals surface area contributed by atoms with Gasteiger partial charge in [0.05, 0.1) is 7.11 Å². The summed E-state index contributed by atoms with van der Waals surface area (Å²) in [6.07, 6.45) is 4.79. The summed E-state index contributed by atoms with van der Waals surface area (Å²) in [6, 6.07) is -0.105. The molecule has 0 bridgehead atoms. The predicted molar refractivity (Wildman–Crippen MR) is 67.1 cm³/mol. The largest absolute Gasteiger partial charge is 0.453 e. The molecule has 18 heavy (non-hydrogen) atoms. The van der Waals surface area contributed by atoms with E-state index in [9.17, 15) is 9.59 Å². The average molecular weight is 254 g/mol. The Hall–Kier alpha value is -1.26. The zero-order valence-corrected chi connectivity index (χ0v) is 11.1. The quantitative estimate of drug-likeness (QED) is 0.830. The van der Waals surface area contributed by atoms with Gasteiger partial charge >= 0.3 is 6.09 Å². The van der Waals surface area contributed by atoms with Crippen molar-refractivity contribution in [2.45, 2.75) is 51.1 Å². The lowest BCUT2D eigenvalue weighted by Gasteiger charge is -2.36. The minimum absolute atomic E-state index is 0.0649. The molecule has 1 N–H and O–H groups in total. The van der Waals surface area contributed by atoms with Crippen LogP contribution >= 0.6 is 0 Å². The number of rotatable bonds is 3. The normalized spacial score (nSPS) is 25.4. The molecule has 0 spiro atoms. The number of ether oxygens (including phenoxy) is 1. The minimum Gasteiger partial charge on any atom is -0.453 e. The molecule has 1 heterocycles. The lowest BCUT2D eigenvalue weighted by molar-refractivity contribution is -0.136. The first kappa shape index (κ1) is 13.2. The second kappa shape index (κ2) is 5.59. The average Bonchev–Trinajstić information content (AvgIpc) is 2.71. The number of nitrogens with one attached hydrogen (secondary N) is 1. The van der Waals surface area contributed by atoms with Crippen molar-refractivity contribution in [1.29, 1.82) is 0 Å². The van der Waals surface area contributed by atoms with Crippen LogP contribution in [0.2, 0.25) is 0 Å². The van der Waals surface area contributed by atoms with E-state index in [0.29, 0.717) is 6.04 Å². The van der Waals surface area contributed by atoms with E-state index < -0.39 is 12.1 Å². The van der Waals surface area contributed by atoms with Crippen molar-refractivity contribution in [2.75, 3.05) is 13.7 Å². The van der Waals surface area contributed by atoms with Gasteiger partial charge in [-0.3, -0.25) is 4.79 Å². The SMILES string of the molecule is COC(=O)N[C@H](C(=O)N1CCC[C@H]1C)C1CCC1. The lowest BCUT2D eigenvalue weighted by Crippen LogP contribution is -2.54. The molecule has 102 valence electrons. The molecule has 2 rings (SSSR count). The number of hydrogen-bond acceptors (Lipinski definition) is 3. The summed E-state index contributed by atoms with van der Waals surface area (Å²) in [5.41, 5.74) is 0. The van der Waals surface area contributed by atoms with Crippen molar-refractivity contribution >= 4 is 12.0 Å². The summed E-state index contributed by atoms with van der Waals surface area (Å²) in [4.78, 5) is 25.8. The summed E-state index contributed by atoms with van der Waals surface area (Å²) in [7, 11) is 1.33. The fourth-order valence-electron chi connectivity index (χ4n) is 2.78. The smallest absolute Gasteiger partial charge is 0.407 e. The molecule has 0 aromatic heterocycles. The van der Waals surface area contributed by atoms with E-state index >= 15 is 0 Å². The van der Waals surface area contributed by atoms with Gasteiger partial charge in [-0.2, -0.15) is 0 Å². The molecule has 1 aliphatic heterocycles. The number of amides is 2. The van der Waals surface area contributed by atoms with Crippen LogP contribution in [0.25, 0.3) is 0 Å². The molecule has 1 saturated heterocycles. The van der Waals surface area contributed by atoms with Crippen LogP contribution in [0.1, 0.15) is 39.0 Å². The second-order valence-corrected chi connectivity index (χ2v) is 5.33. The van der Waals surface area contributed by atoms with E-state index in [1.165, 1.54) is 7.11 Å². The molecular weight excluding hydrogens is 232 g/mol. The van der Waals surface area contributed by atoms with Gasteiger partial charge < -0.3 is 15.0 Å². The molecule has 0 radical (unpaired) electrons. The first-order valence-corrected chi connectivity index (χ1v) is 6.78. The molecule has 2 atom stereocenters. The van der Waals surface area contributed by atoms with Gasteiger partial charge in [0.1, 0.15) is 6.04 Å². The summed E-state index contributed by atoms with van der Waals surface area (Å²) in [5.74, 6) is 0.347. The molecule has 5 heteroatoms. The molecule has 2 aliphatic rings. The molecule has 1 aliphatic carbocycles. The first-order chi connectivity index (χ1) is 8.63. The van der Waals surface area contributed by atoms with E-state index in [1.807, 2.05) is 4.90 Å². The fourth-order valence-corrected chi connectivity index (χ4v) is 2.78. The van der Waals surface area contributed by atoms with Crippen molar-refractivity contribution in [3.63, 3.8) is 0 Å². The van der Waals surface area contributed by atoms with Gasteiger partial charge in [-0.25, -0.2) is 4.79 Å². The maximum Gasteiger partial charge on any atom is 0.407 e. The van der Waals surface area contributed by atoms with Crippen LogP contribution in [-0.2, 0) is 9.53 Å². The van der Waals surface area contributed by atoms with Gasteiger partial charge in [0.25, 0.3) is 0 Å². The number of alkyl carbamates (subject to hydrolysis) is 1. The Balaban J connectivity index is 2.02. The van der Waals surface area contributed by atoms with Gasteiger partial charge in [-0.1, -0.05) is 6.42 Å². The molecule has 5 nitrogen and oxygen atoms in total. The monoisotopic (exact) mass is 254 g/mol. The number of carbonyl (C=O) groups is 2. The standard InChI is InChI=1S/C13H22N2O3/c1-9-5-4-8-15(9)12(16)11(10-6-3-7-10)14-13(17)18-2/h9-11H,3-8H2,1-2H3,(H,14,17)/t9-,11+/m1/s1. The Bertz CT molecular complexity index is 328. The molecule has 0 aromatic carbocycles. The van der Waals surface area contributed by atoms with Gasteiger partial charge in [0, 0.05) is 12.6 Å². The summed E-state index contributed by atoms with van der Waals surface area (Å²) in [6.45, 7) is 2.88. The van der Waals surface area contributed by atoms with E-state index in [-0.39, 0.29) is 11.8 Å². The zero-order chi connectivity index (χ0) is 13.1. The van der Waals surface area contributed by atoms with Crippen molar-refractivity contribution in [3.05, 3.63) is 0 Å². The molecule has 0 unspecified atom stereocenters. The van der Waals surface area contributed by atoms with Crippen molar-refractivity contribution in [3.8, 4) is 0 Å². The van der Waals surface area contributed by atoms with Gasteiger partial charge in [0.15, 0.2) is 0 Å². The third-order valence-corrected chi connectivity index (χ3v) is 4.18. The van der Waals surface area contributed by atoms with Crippen molar-refractivity contribution in [1.82, 2.24) is 10.2 Å². The Kier molecular flexibility index (Phi) is 4.09. The number of hydrogen-bond donors (Lipinski definition) is 1. The molecule has 1 saturated carbocycles. The fraction of sp³-hybridized carbons (Fsp3) is 0.846. The van der Waals surface area contributed by atoms with Gasteiger partial charge in [0.2, 0.25) is 5.91 Å². The molecule has 2 fully saturated rings. The van der Waals surface area contributed by atoms with E-state index in [0.717, 1.165) is 38.6 Å². The highest BCUT2D eigenvalue weighted by Gasteiger charge is 2.38. The number of carbonyl (C=O) groups excluding carboxylic acids is 2. The van der Waals surface area contributed by atoms with Crippen LogP contribution in [0.3, 0.4) is 0 Å². The van der Waals surface area contributed by atoms with Crippen molar-refractivity contribution in [2.24, 2.45) is 5.92 Å². The van der Waals surface area contributed by atoms with Crippen LogP contribution in [0.5, 0.6) is 0 Å². The van der Waals surface area contributed by atoms with Crippen LogP contribution in [-0.4, -0.2) is 42.6 Å². The summed E-state index contributed by atoms with van der Waals surface area (Å²) >= 11 is 0. The Morgan fingerprint density at radius 3 is 2.44 bits per heavy atom. The Labute approximate surface area is 108 Å². The number of nitrogens with zero attached hydrogens (tertiary/aromatic N) is 1. The zero-order valence-electron chi connectivity index (χ0n) is 11.1. The van der Waals surface area contributed by atoms with Crippen LogP contribution in [0.15, 0.2) is 0 Å². The summed E-state index contributed by atoms with van der Waals surface area (Å²) < 4.78 is 4.62. The van der Waals surface area contributed by atoms with Crippen molar-refractivity contribution < 1.29 is 14.3 Å². The highest BCUT2D eigenvalue weighted by Crippen LogP contribution is 2.31. The molecular formula is C13H22N2O3. The topological polar surface area (TPSA) is 58.6 Å². The highest BCUT2D eigenvalue weighted by atomic mass is 16.5. The molecule has 0 aromatic rings. The Morgan fingerprint density at radius 2 is 2.00 bits per heavy atom. The number of likely N-dealkylation sites (tertiary alicyclic amines) is 1. The first-order valence-electron chi connectivity index (χ1n) is 6.78.